The van der Waals surface area contributed by atoms with Gasteiger partial charge in [-0.2, -0.15) is 10.2 Å². The van der Waals surface area contributed by atoms with Crippen LogP contribution in [-0.2, 0) is 6.54 Å². The first-order valence-corrected chi connectivity index (χ1v) is 8.58. The molecule has 10 nitrogen and oxygen atoms in total. The van der Waals surface area contributed by atoms with Gasteiger partial charge in [0.15, 0.2) is 17.2 Å². The topological polar surface area (TPSA) is 121 Å². The third kappa shape index (κ3) is 4.21. The average Bonchev–Trinajstić information content (AvgIpc) is 3.37. The molecule has 0 bridgehead atoms. The van der Waals surface area contributed by atoms with Crippen LogP contribution in [0.25, 0.3) is 0 Å². The van der Waals surface area contributed by atoms with Crippen molar-refractivity contribution in [1.29, 1.82) is 0 Å². The first kappa shape index (κ1) is 18.2. The largest absolute Gasteiger partial charge is 0.454 e. The smallest absolute Gasteiger partial charge is 0.291 e. The molecular formula is C19H15N5O5. The fraction of sp³-hybridized carbons (Fsp3) is 0.105. The maximum atomic E-state index is 12.2. The van der Waals surface area contributed by atoms with Crippen molar-refractivity contribution in [1.82, 2.24) is 15.2 Å². The molecule has 0 saturated carbocycles. The Hall–Kier alpha value is -4.21. The molecule has 1 aliphatic heterocycles. The molecule has 0 fully saturated rings. The summed E-state index contributed by atoms with van der Waals surface area (Å²) in [6.45, 7) is 0.570. The van der Waals surface area contributed by atoms with Gasteiger partial charge in [0, 0.05) is 18.3 Å². The van der Waals surface area contributed by atoms with Crippen molar-refractivity contribution in [2.45, 2.75) is 6.54 Å². The van der Waals surface area contributed by atoms with E-state index in [1.807, 2.05) is 0 Å². The molecule has 0 atom stereocenters. The number of rotatable bonds is 6. The molecule has 1 aromatic heterocycles. The summed E-state index contributed by atoms with van der Waals surface area (Å²) >= 11 is 0. The molecule has 4 rings (SSSR count). The maximum absolute atomic E-state index is 12.2. The lowest BCUT2D eigenvalue weighted by Gasteiger charge is -2.02. The van der Waals surface area contributed by atoms with Crippen molar-refractivity contribution in [3.05, 3.63) is 81.7 Å². The van der Waals surface area contributed by atoms with E-state index in [-0.39, 0.29) is 18.2 Å². The molecule has 146 valence electrons. The van der Waals surface area contributed by atoms with Gasteiger partial charge in [-0.05, 0) is 35.4 Å². The Morgan fingerprint density at radius 2 is 2.00 bits per heavy atom. The molecule has 2 heterocycles. The van der Waals surface area contributed by atoms with Gasteiger partial charge in [-0.3, -0.25) is 19.6 Å². The van der Waals surface area contributed by atoms with Crippen LogP contribution in [0, 0.1) is 10.1 Å². The molecule has 0 saturated heterocycles. The summed E-state index contributed by atoms with van der Waals surface area (Å²) in [5, 5.41) is 18.8. The number of aromatic nitrogens is 2. The third-order valence-corrected chi connectivity index (χ3v) is 4.14. The van der Waals surface area contributed by atoms with E-state index in [4.69, 9.17) is 9.47 Å². The number of benzene rings is 2. The number of hydrogen-bond donors (Lipinski definition) is 1. The van der Waals surface area contributed by atoms with Gasteiger partial charge in [0.2, 0.25) is 6.79 Å². The number of amides is 1. The van der Waals surface area contributed by atoms with E-state index >= 15 is 0 Å². The Balaban J connectivity index is 1.35. The van der Waals surface area contributed by atoms with Gasteiger partial charge < -0.3 is 9.47 Å². The van der Waals surface area contributed by atoms with Crippen molar-refractivity contribution in [3.63, 3.8) is 0 Å². The molecule has 1 N–H and O–H groups in total. The van der Waals surface area contributed by atoms with Crippen LogP contribution in [0.15, 0.2) is 59.8 Å². The molecule has 0 spiro atoms. The number of carbonyl (C=O) groups is 1. The Morgan fingerprint density at radius 3 is 2.79 bits per heavy atom. The summed E-state index contributed by atoms with van der Waals surface area (Å²) in [5.74, 6) is 0.847. The van der Waals surface area contributed by atoms with Gasteiger partial charge in [0.05, 0.1) is 17.7 Å². The maximum Gasteiger partial charge on any atom is 0.291 e. The van der Waals surface area contributed by atoms with Crippen LogP contribution in [0.4, 0.5) is 5.69 Å². The normalized spacial score (nSPS) is 12.3. The van der Waals surface area contributed by atoms with Crippen LogP contribution in [0.2, 0.25) is 0 Å². The van der Waals surface area contributed by atoms with Gasteiger partial charge in [-0.25, -0.2) is 5.43 Å². The van der Waals surface area contributed by atoms with Gasteiger partial charge in [0.1, 0.15) is 0 Å². The predicted molar refractivity (Wildman–Crippen MR) is 102 cm³/mol. The zero-order valence-corrected chi connectivity index (χ0v) is 15.0. The summed E-state index contributed by atoms with van der Waals surface area (Å²) in [7, 11) is 0. The highest BCUT2D eigenvalue weighted by atomic mass is 16.7. The molecule has 2 aromatic carbocycles. The average molecular weight is 393 g/mol. The standard InChI is InChI=1S/C19H15N5O5/c25-19(21-20-10-14-3-6-17-18(9-14)29-12-28-17)16-7-8-23(22-16)11-13-1-4-15(5-2-13)24(26)27/h1-10H,11-12H2,(H,21,25). The molecule has 10 heteroatoms. The van der Waals surface area contributed by atoms with E-state index in [1.54, 1.807) is 47.3 Å². The molecule has 0 aliphatic carbocycles. The molecule has 1 amide bonds. The minimum Gasteiger partial charge on any atom is -0.454 e. The summed E-state index contributed by atoms with van der Waals surface area (Å²) < 4.78 is 12.1. The van der Waals surface area contributed by atoms with Gasteiger partial charge >= 0.3 is 0 Å². The van der Waals surface area contributed by atoms with Crippen molar-refractivity contribution in [2.75, 3.05) is 6.79 Å². The van der Waals surface area contributed by atoms with Crippen molar-refractivity contribution < 1.29 is 19.2 Å². The number of ether oxygens (including phenoxy) is 2. The molecule has 1 aliphatic rings. The first-order valence-electron chi connectivity index (χ1n) is 8.58. The van der Waals surface area contributed by atoms with E-state index < -0.39 is 10.8 Å². The third-order valence-electron chi connectivity index (χ3n) is 4.14. The number of nitro groups is 1. The van der Waals surface area contributed by atoms with E-state index in [2.05, 4.69) is 15.6 Å². The summed E-state index contributed by atoms with van der Waals surface area (Å²) in [6.07, 6.45) is 3.14. The monoisotopic (exact) mass is 393 g/mol. The Bertz CT molecular complexity index is 1090. The molecule has 0 unspecified atom stereocenters. The van der Waals surface area contributed by atoms with Gasteiger partial charge in [0.25, 0.3) is 11.6 Å². The lowest BCUT2D eigenvalue weighted by atomic mass is 10.2. The number of hydrazone groups is 1. The highest BCUT2D eigenvalue weighted by molar-refractivity contribution is 5.93. The summed E-state index contributed by atoms with van der Waals surface area (Å²) in [6, 6.07) is 13.0. The number of fused-ring (bicyclic) bond motifs is 1. The Morgan fingerprint density at radius 1 is 1.21 bits per heavy atom. The molecule has 3 aromatic rings. The lowest BCUT2D eigenvalue weighted by molar-refractivity contribution is -0.384. The molecule has 0 radical (unpaired) electrons. The van der Waals surface area contributed by atoms with Crippen LogP contribution in [-0.4, -0.2) is 33.6 Å². The highest BCUT2D eigenvalue weighted by Crippen LogP contribution is 2.31. The number of hydrogen-bond acceptors (Lipinski definition) is 7. The number of carbonyl (C=O) groups excluding carboxylic acids is 1. The lowest BCUT2D eigenvalue weighted by Crippen LogP contribution is -2.18. The second-order valence-corrected chi connectivity index (χ2v) is 6.13. The van der Waals surface area contributed by atoms with E-state index in [1.165, 1.54) is 18.3 Å². The highest BCUT2D eigenvalue weighted by Gasteiger charge is 2.13. The van der Waals surface area contributed by atoms with Crippen LogP contribution in [0.3, 0.4) is 0 Å². The Kier molecular flexibility index (Phi) is 4.89. The van der Waals surface area contributed by atoms with Crippen molar-refractivity contribution in [2.24, 2.45) is 5.10 Å². The van der Waals surface area contributed by atoms with E-state index in [0.717, 1.165) is 11.1 Å². The quantitative estimate of drug-likeness (QED) is 0.390. The number of nitrogens with one attached hydrogen (secondary N) is 1. The fourth-order valence-corrected chi connectivity index (χ4v) is 2.70. The zero-order chi connectivity index (χ0) is 20.2. The van der Waals surface area contributed by atoms with Crippen molar-refractivity contribution in [3.8, 4) is 11.5 Å². The Labute approximate surface area is 164 Å². The minimum atomic E-state index is -0.454. The van der Waals surface area contributed by atoms with E-state index in [0.29, 0.717) is 18.0 Å². The van der Waals surface area contributed by atoms with Crippen molar-refractivity contribution >= 4 is 17.8 Å². The van der Waals surface area contributed by atoms with Crippen LogP contribution in [0.5, 0.6) is 11.5 Å². The molecule has 29 heavy (non-hydrogen) atoms. The van der Waals surface area contributed by atoms with E-state index in [9.17, 15) is 14.9 Å². The summed E-state index contributed by atoms with van der Waals surface area (Å²) in [4.78, 5) is 22.4. The predicted octanol–water partition coefficient (Wildman–Crippen LogP) is 2.33. The SMILES string of the molecule is O=C(NN=Cc1ccc2c(c1)OCO2)c1ccn(Cc2ccc([N+](=O)[O-])cc2)n1. The number of nitrogens with zero attached hydrogens (tertiary/aromatic N) is 4. The minimum absolute atomic E-state index is 0.0228. The second kappa shape index (κ2) is 7.80. The van der Waals surface area contributed by atoms with Crippen LogP contribution in [0.1, 0.15) is 21.6 Å². The van der Waals surface area contributed by atoms with Gasteiger partial charge in [-0.15, -0.1) is 0 Å². The van der Waals surface area contributed by atoms with Crippen LogP contribution >= 0.6 is 0 Å². The number of nitro benzene ring substituents is 1. The first-order chi connectivity index (χ1) is 14.1. The molecular weight excluding hydrogens is 378 g/mol. The zero-order valence-electron chi connectivity index (χ0n) is 15.0. The fourth-order valence-electron chi connectivity index (χ4n) is 2.70. The summed E-state index contributed by atoms with van der Waals surface area (Å²) in [5.41, 5.74) is 4.22. The van der Waals surface area contributed by atoms with Crippen LogP contribution < -0.4 is 14.9 Å². The second-order valence-electron chi connectivity index (χ2n) is 6.13. The van der Waals surface area contributed by atoms with Gasteiger partial charge in [-0.1, -0.05) is 12.1 Å². The number of non-ortho nitro benzene ring substituents is 1.